The number of hydrogen-bond donors (Lipinski definition) is 4. The molecule has 0 amide bonds. The van der Waals surface area contributed by atoms with Gasteiger partial charge in [0.2, 0.25) is 0 Å². The maximum atomic E-state index is 11.1. The fourth-order valence-electron chi connectivity index (χ4n) is 3.84. The first-order valence-electron chi connectivity index (χ1n) is 10.9. The van der Waals surface area contributed by atoms with E-state index in [-0.39, 0.29) is 0 Å². The Labute approximate surface area is 210 Å². The van der Waals surface area contributed by atoms with E-state index in [0.717, 1.165) is 38.2 Å². The number of nitrogens with zero attached hydrogens (tertiary/aromatic N) is 1. The SMILES string of the molecule is O=C(O)[C@H](CO)NCc1ccc2c(Nc3cccc(-c4ccc5c(c4)OCCO5)c3Cl)nsc2c1. The number of aromatic nitrogens is 1. The molecule has 5 rings (SSSR count). The van der Waals surface area contributed by atoms with E-state index in [9.17, 15) is 9.90 Å². The van der Waals surface area contributed by atoms with Crippen LogP contribution in [0.15, 0.2) is 54.6 Å². The van der Waals surface area contributed by atoms with Gasteiger partial charge in [-0.2, -0.15) is 4.37 Å². The van der Waals surface area contributed by atoms with Crippen LogP contribution < -0.4 is 20.1 Å². The van der Waals surface area contributed by atoms with E-state index in [0.29, 0.717) is 36.3 Å². The molecule has 2 heterocycles. The Morgan fingerprint density at radius 3 is 2.74 bits per heavy atom. The minimum Gasteiger partial charge on any atom is -0.486 e. The number of nitrogens with one attached hydrogen (secondary N) is 2. The summed E-state index contributed by atoms with van der Waals surface area (Å²) in [5.41, 5.74) is 3.40. The standard InChI is InChI=1S/C25H22ClN3O5S/c26-23-16(15-5-7-20-21(11-15)34-9-8-33-20)2-1-3-18(23)28-24-17-6-4-14(10-22(17)35-29-24)12-27-19(13-30)25(31)32/h1-7,10-11,19,27,30H,8-9,12-13H2,(H,28,29)(H,31,32)/t19-/m0/s1. The zero-order chi connectivity index (χ0) is 24.4. The lowest BCUT2D eigenvalue weighted by Crippen LogP contribution is -2.39. The molecule has 180 valence electrons. The number of anilines is 2. The average Bonchev–Trinajstić information content (AvgIpc) is 3.27. The maximum Gasteiger partial charge on any atom is 0.323 e. The average molecular weight is 512 g/mol. The highest BCUT2D eigenvalue weighted by molar-refractivity contribution is 7.13. The summed E-state index contributed by atoms with van der Waals surface area (Å²) in [6, 6.07) is 16.3. The molecule has 1 atom stereocenters. The van der Waals surface area contributed by atoms with E-state index in [1.165, 1.54) is 11.5 Å². The molecule has 8 nitrogen and oxygen atoms in total. The number of aliphatic hydroxyl groups is 1. The third-order valence-corrected chi connectivity index (χ3v) is 6.89. The normalized spacial score (nSPS) is 13.5. The zero-order valence-corrected chi connectivity index (χ0v) is 20.0. The van der Waals surface area contributed by atoms with Crippen molar-refractivity contribution in [3.63, 3.8) is 0 Å². The second-order valence-corrected chi connectivity index (χ2v) is 9.15. The van der Waals surface area contributed by atoms with E-state index in [1.807, 2.05) is 54.6 Å². The topological polar surface area (TPSA) is 113 Å². The third kappa shape index (κ3) is 4.89. The molecule has 1 aromatic heterocycles. The molecule has 0 spiro atoms. The van der Waals surface area contributed by atoms with Gasteiger partial charge in [0, 0.05) is 17.5 Å². The zero-order valence-electron chi connectivity index (χ0n) is 18.5. The van der Waals surface area contributed by atoms with E-state index < -0.39 is 18.6 Å². The lowest BCUT2D eigenvalue weighted by atomic mass is 10.0. The summed E-state index contributed by atoms with van der Waals surface area (Å²) in [6.45, 7) is 0.898. The van der Waals surface area contributed by atoms with Crippen molar-refractivity contribution in [1.82, 2.24) is 9.69 Å². The molecule has 0 unspecified atom stereocenters. The van der Waals surface area contributed by atoms with Crippen molar-refractivity contribution < 1.29 is 24.5 Å². The third-order valence-electron chi connectivity index (χ3n) is 5.67. The largest absolute Gasteiger partial charge is 0.486 e. The van der Waals surface area contributed by atoms with Crippen molar-refractivity contribution in [2.24, 2.45) is 0 Å². The number of hydrogen-bond acceptors (Lipinski definition) is 8. The van der Waals surface area contributed by atoms with Gasteiger partial charge in [0.1, 0.15) is 19.3 Å². The quantitative estimate of drug-likeness (QED) is 0.270. The van der Waals surface area contributed by atoms with Crippen LogP contribution in [0.4, 0.5) is 11.5 Å². The Hall–Kier alpha value is -3.37. The fourth-order valence-corrected chi connectivity index (χ4v) is 4.93. The van der Waals surface area contributed by atoms with Crippen LogP contribution in [0, 0.1) is 0 Å². The minimum absolute atomic E-state index is 0.317. The molecular weight excluding hydrogens is 490 g/mol. The number of fused-ring (bicyclic) bond motifs is 2. The Morgan fingerprint density at radius 1 is 1.11 bits per heavy atom. The second kappa shape index (κ2) is 10.1. The van der Waals surface area contributed by atoms with Crippen LogP contribution in [0.1, 0.15) is 5.56 Å². The first-order valence-corrected chi connectivity index (χ1v) is 12.1. The molecule has 0 saturated heterocycles. The van der Waals surface area contributed by atoms with Crippen LogP contribution in [-0.4, -0.2) is 46.4 Å². The molecule has 10 heteroatoms. The van der Waals surface area contributed by atoms with Crippen molar-refractivity contribution in [3.05, 3.63) is 65.2 Å². The van der Waals surface area contributed by atoms with Crippen molar-refractivity contribution in [3.8, 4) is 22.6 Å². The van der Waals surface area contributed by atoms with E-state index >= 15 is 0 Å². The predicted octanol–water partition coefficient (Wildman–Crippen LogP) is 4.67. The number of benzene rings is 3. The summed E-state index contributed by atoms with van der Waals surface area (Å²) < 4.78 is 16.8. The number of carbonyl (C=O) groups is 1. The number of halogens is 1. The Balaban J connectivity index is 1.37. The molecule has 0 aliphatic carbocycles. The lowest BCUT2D eigenvalue weighted by Gasteiger charge is -2.19. The molecular formula is C25H22ClN3O5S. The summed E-state index contributed by atoms with van der Waals surface area (Å²) >= 11 is 8.13. The smallest absolute Gasteiger partial charge is 0.323 e. The van der Waals surface area contributed by atoms with Gasteiger partial charge in [-0.05, 0) is 53.0 Å². The van der Waals surface area contributed by atoms with Crippen LogP contribution in [0.25, 0.3) is 21.2 Å². The van der Waals surface area contributed by atoms with Crippen LogP contribution >= 0.6 is 23.1 Å². The number of carboxylic acids is 1. The minimum atomic E-state index is -1.09. The first kappa shape index (κ1) is 23.4. The van der Waals surface area contributed by atoms with Crippen molar-refractivity contribution >= 4 is 50.7 Å². The highest BCUT2D eigenvalue weighted by Crippen LogP contribution is 2.40. The van der Waals surface area contributed by atoms with Crippen molar-refractivity contribution in [2.45, 2.75) is 12.6 Å². The highest BCUT2D eigenvalue weighted by Gasteiger charge is 2.17. The molecule has 0 saturated carbocycles. The summed E-state index contributed by atoms with van der Waals surface area (Å²) in [6.07, 6.45) is 0. The van der Waals surface area contributed by atoms with Crippen LogP contribution in [0.5, 0.6) is 11.5 Å². The van der Waals surface area contributed by atoms with Gasteiger partial charge in [-0.1, -0.05) is 35.9 Å². The fraction of sp³-hybridized carbons (Fsp3) is 0.200. The van der Waals surface area contributed by atoms with Crippen LogP contribution in [0.2, 0.25) is 5.02 Å². The Bertz CT molecular complexity index is 1390. The predicted molar refractivity (Wildman–Crippen MR) is 136 cm³/mol. The maximum absolute atomic E-state index is 11.1. The van der Waals surface area contributed by atoms with E-state index in [4.69, 9.17) is 26.2 Å². The van der Waals surface area contributed by atoms with Crippen LogP contribution in [0.3, 0.4) is 0 Å². The van der Waals surface area contributed by atoms with Gasteiger partial charge in [0.15, 0.2) is 17.3 Å². The molecule has 0 radical (unpaired) electrons. The summed E-state index contributed by atoms with van der Waals surface area (Å²) in [4.78, 5) is 11.1. The van der Waals surface area contributed by atoms with Crippen molar-refractivity contribution in [2.75, 3.05) is 25.1 Å². The van der Waals surface area contributed by atoms with E-state index in [1.54, 1.807) is 0 Å². The summed E-state index contributed by atoms with van der Waals surface area (Å²) in [5, 5.41) is 25.9. The Morgan fingerprint density at radius 2 is 1.94 bits per heavy atom. The van der Waals surface area contributed by atoms with E-state index in [2.05, 4.69) is 15.0 Å². The monoisotopic (exact) mass is 511 g/mol. The van der Waals surface area contributed by atoms with Gasteiger partial charge in [0.25, 0.3) is 0 Å². The second-order valence-electron chi connectivity index (χ2n) is 7.97. The number of aliphatic hydroxyl groups excluding tert-OH is 1. The Kier molecular flexibility index (Phi) is 6.74. The van der Waals surface area contributed by atoms with Crippen LogP contribution in [-0.2, 0) is 11.3 Å². The molecule has 4 aromatic rings. The lowest BCUT2D eigenvalue weighted by molar-refractivity contribution is -0.140. The summed E-state index contributed by atoms with van der Waals surface area (Å²) in [7, 11) is 0. The van der Waals surface area contributed by atoms with Gasteiger partial charge in [-0.3, -0.25) is 10.1 Å². The molecule has 1 aliphatic rings. The molecule has 0 bridgehead atoms. The van der Waals surface area contributed by atoms with Crippen molar-refractivity contribution in [1.29, 1.82) is 0 Å². The number of ether oxygens (including phenoxy) is 2. The van der Waals surface area contributed by atoms with Gasteiger partial charge in [-0.25, -0.2) is 0 Å². The highest BCUT2D eigenvalue weighted by atomic mass is 35.5. The number of aliphatic carboxylic acids is 1. The molecule has 1 aliphatic heterocycles. The molecule has 0 fully saturated rings. The van der Waals surface area contributed by atoms with Gasteiger partial charge in [0.05, 0.1) is 22.0 Å². The first-order chi connectivity index (χ1) is 17.0. The number of rotatable bonds is 8. The number of carboxylic acid groups (broad SMARTS) is 1. The van der Waals surface area contributed by atoms with Gasteiger partial charge < -0.3 is 25.0 Å². The molecule has 4 N–H and O–H groups in total. The van der Waals surface area contributed by atoms with Gasteiger partial charge >= 0.3 is 5.97 Å². The summed E-state index contributed by atoms with van der Waals surface area (Å²) in [5.74, 6) is 1.02. The molecule has 3 aromatic carbocycles. The molecule has 35 heavy (non-hydrogen) atoms. The van der Waals surface area contributed by atoms with Gasteiger partial charge in [-0.15, -0.1) is 0 Å².